The summed E-state index contributed by atoms with van der Waals surface area (Å²) in [6.07, 6.45) is 0. The monoisotopic (exact) mass is 559 g/mol. The first-order chi connectivity index (χ1) is 18.8. The number of fused-ring (bicyclic) bond motifs is 2. The van der Waals surface area contributed by atoms with Crippen molar-refractivity contribution in [3.05, 3.63) is 110 Å². The van der Waals surface area contributed by atoms with Gasteiger partial charge >= 0.3 is 4.87 Å². The molecule has 0 radical (unpaired) electrons. The fourth-order valence-electron chi connectivity index (χ4n) is 5.17. The fraction of sp³-hybridized carbons (Fsp3) is 0.172. The molecule has 3 atom stereocenters. The van der Waals surface area contributed by atoms with Crippen molar-refractivity contribution >= 4 is 52.2 Å². The fourth-order valence-corrected chi connectivity index (χ4v) is 7.94. The van der Waals surface area contributed by atoms with Gasteiger partial charge < -0.3 is 5.32 Å². The summed E-state index contributed by atoms with van der Waals surface area (Å²) in [5.74, 6) is -2.96. The van der Waals surface area contributed by atoms with Crippen molar-refractivity contribution in [1.29, 1.82) is 0 Å². The van der Waals surface area contributed by atoms with E-state index in [1.165, 1.54) is 28.8 Å². The quantitative estimate of drug-likeness (QED) is 0.355. The number of nitrogens with zero attached hydrogens (tertiary/aromatic N) is 2. The maximum absolute atomic E-state index is 13.8. The molecule has 39 heavy (non-hydrogen) atoms. The van der Waals surface area contributed by atoms with E-state index in [9.17, 15) is 23.6 Å². The molecule has 3 aromatic carbocycles. The van der Waals surface area contributed by atoms with E-state index < -0.39 is 34.7 Å². The number of nitrogens with one attached hydrogen (secondary N) is 1. The van der Waals surface area contributed by atoms with Crippen LogP contribution in [0, 0.1) is 18.7 Å². The average Bonchev–Trinajstić information content (AvgIpc) is 3.37. The number of aromatic nitrogens is 1. The topological polar surface area (TPSA) is 88.5 Å². The Balaban J connectivity index is 1.40. The van der Waals surface area contributed by atoms with E-state index in [0.29, 0.717) is 21.3 Å². The van der Waals surface area contributed by atoms with Crippen LogP contribution in [0.2, 0.25) is 0 Å². The molecule has 4 aromatic rings. The zero-order valence-electron chi connectivity index (χ0n) is 20.7. The molecule has 7 nitrogen and oxygen atoms in total. The molecule has 0 spiro atoms. The Hall–Kier alpha value is -4.02. The van der Waals surface area contributed by atoms with E-state index in [1.807, 2.05) is 55.5 Å². The van der Waals surface area contributed by atoms with Crippen LogP contribution in [0.15, 0.2) is 88.7 Å². The Bertz CT molecular complexity index is 1670. The third-order valence-corrected chi connectivity index (χ3v) is 9.62. The van der Waals surface area contributed by atoms with E-state index in [2.05, 4.69) is 5.32 Å². The van der Waals surface area contributed by atoms with Gasteiger partial charge in [-0.15, -0.1) is 0 Å². The minimum atomic E-state index is -0.806. The number of aryl methyl sites for hydroxylation is 1. The maximum Gasteiger partial charge on any atom is 0.308 e. The van der Waals surface area contributed by atoms with E-state index >= 15 is 0 Å². The normalized spacial score (nSPS) is 20.1. The molecule has 1 aromatic heterocycles. The number of amides is 3. The van der Waals surface area contributed by atoms with E-state index in [0.717, 1.165) is 39.1 Å². The summed E-state index contributed by atoms with van der Waals surface area (Å²) in [7, 11) is 0. The predicted octanol–water partition coefficient (Wildman–Crippen LogP) is 4.79. The van der Waals surface area contributed by atoms with Crippen LogP contribution in [-0.4, -0.2) is 27.5 Å². The number of thiazole rings is 1. The second kappa shape index (κ2) is 9.94. The summed E-state index contributed by atoms with van der Waals surface area (Å²) in [5, 5.41) is 2.57. The highest BCUT2D eigenvalue weighted by atomic mass is 32.2. The Morgan fingerprint density at radius 3 is 2.33 bits per heavy atom. The number of thioether (sulfide) groups is 1. The molecule has 10 heteroatoms. The van der Waals surface area contributed by atoms with Crippen molar-refractivity contribution in [3.8, 4) is 0 Å². The molecule has 0 bridgehead atoms. The highest BCUT2D eigenvalue weighted by Gasteiger charge is 2.56. The number of para-hydroxylation sites is 1. The van der Waals surface area contributed by atoms with Gasteiger partial charge in [0.25, 0.3) is 0 Å². The molecule has 3 unspecified atom stereocenters. The largest absolute Gasteiger partial charge is 0.324 e. The lowest BCUT2D eigenvalue weighted by Gasteiger charge is -2.30. The summed E-state index contributed by atoms with van der Waals surface area (Å²) < 4.78 is 15.0. The number of halogens is 1. The Morgan fingerprint density at radius 1 is 0.923 bits per heavy atom. The number of hydrogen-bond donors (Lipinski definition) is 1. The van der Waals surface area contributed by atoms with Crippen molar-refractivity contribution in [2.45, 2.75) is 29.7 Å². The van der Waals surface area contributed by atoms with Gasteiger partial charge in [-0.3, -0.25) is 23.7 Å². The average molecular weight is 560 g/mol. The summed E-state index contributed by atoms with van der Waals surface area (Å²) in [6.45, 7) is 1.65. The summed E-state index contributed by atoms with van der Waals surface area (Å²) in [4.78, 5) is 55.1. The molecular formula is C29H22FN3O4S2. The van der Waals surface area contributed by atoms with E-state index in [-0.39, 0.29) is 17.3 Å². The number of anilines is 2. The van der Waals surface area contributed by atoms with Gasteiger partial charge in [0.2, 0.25) is 17.7 Å². The van der Waals surface area contributed by atoms with E-state index in [1.54, 1.807) is 6.07 Å². The molecule has 196 valence electrons. The first kappa shape index (κ1) is 25.3. The van der Waals surface area contributed by atoms with Crippen LogP contribution >= 0.6 is 23.1 Å². The van der Waals surface area contributed by atoms with Gasteiger partial charge in [-0.25, -0.2) is 9.29 Å². The lowest BCUT2D eigenvalue weighted by Crippen LogP contribution is -2.33. The molecule has 1 saturated heterocycles. The Labute approximate surface area is 231 Å². The number of benzene rings is 3. The smallest absolute Gasteiger partial charge is 0.308 e. The van der Waals surface area contributed by atoms with Crippen LogP contribution in [-0.2, 0) is 20.9 Å². The molecule has 0 aliphatic carbocycles. The minimum Gasteiger partial charge on any atom is -0.324 e. The molecule has 2 aliphatic rings. The highest BCUT2D eigenvalue weighted by molar-refractivity contribution is 8.00. The molecule has 0 saturated carbocycles. The van der Waals surface area contributed by atoms with Gasteiger partial charge in [-0.2, -0.15) is 0 Å². The van der Waals surface area contributed by atoms with Crippen LogP contribution in [0.5, 0.6) is 0 Å². The molecule has 1 fully saturated rings. The zero-order chi connectivity index (χ0) is 27.3. The number of imide groups is 1. The molecule has 2 aliphatic heterocycles. The van der Waals surface area contributed by atoms with Gasteiger partial charge in [0.05, 0.1) is 16.6 Å². The third-order valence-electron chi connectivity index (χ3n) is 7.01. The van der Waals surface area contributed by atoms with Gasteiger partial charge in [0, 0.05) is 16.5 Å². The third kappa shape index (κ3) is 4.39. The SMILES string of the molecule is Cc1ccccc1NC(=O)Cn1c2c(sc1=O)C(c1ccccc1)C1C(=O)N(c3ccc(F)cc3)C(=O)C1S2. The van der Waals surface area contributed by atoms with Crippen LogP contribution in [0.4, 0.5) is 15.8 Å². The Kier molecular flexibility index (Phi) is 6.44. The first-order valence-electron chi connectivity index (χ1n) is 12.3. The van der Waals surface area contributed by atoms with Gasteiger partial charge in [0.1, 0.15) is 17.6 Å². The molecular weight excluding hydrogens is 537 g/mol. The minimum absolute atomic E-state index is 0.227. The number of carbonyl (C=O) groups excluding carboxylic acids is 3. The summed E-state index contributed by atoms with van der Waals surface area (Å²) >= 11 is 2.14. The lowest BCUT2D eigenvalue weighted by molar-refractivity contribution is -0.122. The standard InChI is InChI=1S/C29H22FN3O4S2/c1-16-7-5-6-10-20(16)31-21(34)15-32-28-25(39-29(32)37)22(17-8-3-2-4-9-17)23-24(38-28)27(36)33(26(23)35)19-13-11-18(30)12-14-19/h2-14,22-24H,15H2,1H3,(H,31,34). The summed E-state index contributed by atoms with van der Waals surface area (Å²) in [6, 6.07) is 21.9. The molecule has 1 N–H and O–H groups in total. The van der Waals surface area contributed by atoms with Crippen molar-refractivity contribution in [1.82, 2.24) is 4.57 Å². The first-order valence-corrected chi connectivity index (χ1v) is 14.0. The molecule has 6 rings (SSSR count). The maximum atomic E-state index is 13.8. The van der Waals surface area contributed by atoms with E-state index in [4.69, 9.17) is 0 Å². The van der Waals surface area contributed by atoms with Crippen molar-refractivity contribution < 1.29 is 18.8 Å². The highest BCUT2D eigenvalue weighted by Crippen LogP contribution is 2.53. The van der Waals surface area contributed by atoms with Crippen molar-refractivity contribution in [3.63, 3.8) is 0 Å². The van der Waals surface area contributed by atoms with Crippen molar-refractivity contribution in [2.24, 2.45) is 5.92 Å². The van der Waals surface area contributed by atoms with Crippen LogP contribution in [0.1, 0.15) is 21.9 Å². The second-order valence-corrected chi connectivity index (χ2v) is 11.6. The van der Waals surface area contributed by atoms with Gasteiger partial charge in [-0.1, -0.05) is 71.6 Å². The zero-order valence-corrected chi connectivity index (χ0v) is 22.3. The number of rotatable bonds is 5. The predicted molar refractivity (Wildman–Crippen MR) is 149 cm³/mol. The van der Waals surface area contributed by atoms with Gasteiger partial charge in [0.15, 0.2) is 0 Å². The Morgan fingerprint density at radius 2 is 1.62 bits per heavy atom. The number of carbonyl (C=O) groups is 3. The summed E-state index contributed by atoms with van der Waals surface area (Å²) in [5.41, 5.74) is 2.64. The lowest BCUT2D eigenvalue weighted by atomic mass is 9.83. The second-order valence-electron chi connectivity index (χ2n) is 9.43. The molecule has 3 amide bonds. The number of hydrogen-bond acceptors (Lipinski definition) is 6. The molecule has 3 heterocycles. The van der Waals surface area contributed by atoms with Crippen LogP contribution in [0.25, 0.3) is 0 Å². The van der Waals surface area contributed by atoms with Crippen LogP contribution < -0.4 is 15.1 Å². The van der Waals surface area contributed by atoms with Gasteiger partial charge in [-0.05, 0) is 48.4 Å². The van der Waals surface area contributed by atoms with Crippen LogP contribution in [0.3, 0.4) is 0 Å². The van der Waals surface area contributed by atoms with Crippen molar-refractivity contribution in [2.75, 3.05) is 10.2 Å².